The predicted molar refractivity (Wildman–Crippen MR) is 95.7 cm³/mol. The van der Waals surface area contributed by atoms with Gasteiger partial charge in [-0.3, -0.25) is 9.69 Å². The van der Waals surface area contributed by atoms with Gasteiger partial charge in [0.1, 0.15) is 0 Å². The Kier molecular flexibility index (Phi) is 6.20. The van der Waals surface area contributed by atoms with Gasteiger partial charge in [-0.1, -0.05) is 35.9 Å². The first-order chi connectivity index (χ1) is 11.0. The molecule has 4 heteroatoms. The van der Waals surface area contributed by atoms with Crippen LogP contribution in [0.15, 0.2) is 48.5 Å². The average molecular weight is 331 g/mol. The van der Waals surface area contributed by atoms with E-state index >= 15 is 0 Å². The highest BCUT2D eigenvalue weighted by atomic mass is 35.5. The van der Waals surface area contributed by atoms with E-state index in [1.165, 1.54) is 5.56 Å². The van der Waals surface area contributed by atoms with Gasteiger partial charge in [0.25, 0.3) is 5.91 Å². The van der Waals surface area contributed by atoms with Crippen LogP contribution in [-0.4, -0.2) is 23.9 Å². The monoisotopic (exact) mass is 330 g/mol. The van der Waals surface area contributed by atoms with Crippen molar-refractivity contribution in [1.82, 2.24) is 10.2 Å². The molecule has 3 nitrogen and oxygen atoms in total. The van der Waals surface area contributed by atoms with Crippen molar-refractivity contribution in [3.05, 3.63) is 70.2 Å². The molecule has 0 aliphatic heterocycles. The normalized spacial score (nSPS) is 11.0. The Morgan fingerprint density at radius 2 is 1.70 bits per heavy atom. The third-order valence-corrected chi connectivity index (χ3v) is 4.22. The number of halogens is 1. The lowest BCUT2D eigenvalue weighted by molar-refractivity contribution is 0.0950. The van der Waals surface area contributed by atoms with Gasteiger partial charge in [-0.15, -0.1) is 0 Å². The third-order valence-electron chi connectivity index (χ3n) is 3.97. The summed E-state index contributed by atoms with van der Waals surface area (Å²) < 4.78 is 0. The summed E-state index contributed by atoms with van der Waals surface area (Å²) in [5, 5.41) is 3.61. The molecule has 0 aliphatic carbocycles. The predicted octanol–water partition coefficient (Wildman–Crippen LogP) is 4.11. The van der Waals surface area contributed by atoms with E-state index in [0.717, 1.165) is 12.1 Å². The van der Waals surface area contributed by atoms with Gasteiger partial charge >= 0.3 is 0 Å². The molecule has 0 aliphatic rings. The quantitative estimate of drug-likeness (QED) is 0.864. The summed E-state index contributed by atoms with van der Waals surface area (Å²) >= 11 is 5.85. The first-order valence-corrected chi connectivity index (χ1v) is 8.16. The molecule has 0 atom stereocenters. The van der Waals surface area contributed by atoms with Crippen LogP contribution in [0.3, 0.4) is 0 Å². The molecule has 1 amide bonds. The van der Waals surface area contributed by atoms with Gasteiger partial charge in [0.15, 0.2) is 0 Å². The van der Waals surface area contributed by atoms with Crippen molar-refractivity contribution in [3.63, 3.8) is 0 Å². The second-order valence-corrected chi connectivity index (χ2v) is 6.40. The molecular weight excluding hydrogens is 308 g/mol. The fourth-order valence-corrected chi connectivity index (χ4v) is 2.34. The highest BCUT2D eigenvalue weighted by Crippen LogP contribution is 2.13. The van der Waals surface area contributed by atoms with E-state index in [1.54, 1.807) is 24.3 Å². The lowest BCUT2D eigenvalue weighted by Gasteiger charge is -2.22. The number of amides is 1. The van der Waals surface area contributed by atoms with Crippen molar-refractivity contribution >= 4 is 17.5 Å². The largest absolute Gasteiger partial charge is 0.348 e. The maximum absolute atomic E-state index is 12.2. The first-order valence-electron chi connectivity index (χ1n) is 7.78. The molecule has 0 saturated carbocycles. The van der Waals surface area contributed by atoms with Crippen LogP contribution in [0.1, 0.15) is 35.3 Å². The number of rotatable bonds is 6. The molecule has 2 aromatic rings. The van der Waals surface area contributed by atoms with E-state index in [2.05, 4.69) is 43.2 Å². The van der Waals surface area contributed by atoms with Gasteiger partial charge in [-0.05, 0) is 56.3 Å². The van der Waals surface area contributed by atoms with Crippen molar-refractivity contribution < 1.29 is 4.79 Å². The third kappa shape index (κ3) is 5.08. The SMILES string of the molecule is CC(C)N(C)Cc1ccccc1CNC(=O)c1ccc(Cl)cc1. The number of nitrogens with one attached hydrogen (secondary N) is 1. The maximum Gasteiger partial charge on any atom is 0.251 e. The van der Waals surface area contributed by atoms with Crippen LogP contribution >= 0.6 is 11.6 Å². The van der Waals surface area contributed by atoms with E-state index in [0.29, 0.717) is 23.2 Å². The van der Waals surface area contributed by atoms with Crippen molar-refractivity contribution in [1.29, 1.82) is 0 Å². The first kappa shape index (κ1) is 17.5. The zero-order valence-electron chi connectivity index (χ0n) is 13.8. The second kappa shape index (κ2) is 8.14. The van der Waals surface area contributed by atoms with Crippen LogP contribution in [-0.2, 0) is 13.1 Å². The fraction of sp³-hybridized carbons (Fsp3) is 0.316. The molecule has 0 fully saturated rings. The Morgan fingerprint density at radius 1 is 1.09 bits per heavy atom. The van der Waals surface area contributed by atoms with Gasteiger partial charge in [0.05, 0.1) is 0 Å². The van der Waals surface area contributed by atoms with Gasteiger partial charge in [-0.25, -0.2) is 0 Å². The van der Waals surface area contributed by atoms with E-state index in [-0.39, 0.29) is 5.91 Å². The molecule has 23 heavy (non-hydrogen) atoms. The molecular formula is C19H23ClN2O. The molecule has 0 saturated heterocycles. The summed E-state index contributed by atoms with van der Waals surface area (Å²) in [6.07, 6.45) is 0. The molecule has 0 radical (unpaired) electrons. The van der Waals surface area contributed by atoms with Crippen molar-refractivity contribution in [2.75, 3.05) is 7.05 Å². The summed E-state index contributed by atoms with van der Waals surface area (Å²) in [6, 6.07) is 15.6. The minimum absolute atomic E-state index is 0.0892. The number of carbonyl (C=O) groups excluding carboxylic acids is 1. The van der Waals surface area contributed by atoms with Crippen LogP contribution in [0.25, 0.3) is 0 Å². The Bertz CT molecular complexity index is 653. The van der Waals surface area contributed by atoms with Crippen LogP contribution in [0.4, 0.5) is 0 Å². The highest BCUT2D eigenvalue weighted by Gasteiger charge is 2.10. The standard InChI is InChI=1S/C19H23ClN2O/c1-14(2)22(3)13-17-7-5-4-6-16(17)12-21-19(23)15-8-10-18(20)11-9-15/h4-11,14H,12-13H2,1-3H3,(H,21,23). The maximum atomic E-state index is 12.2. The summed E-state index contributed by atoms with van der Waals surface area (Å²) in [5.74, 6) is -0.0892. The van der Waals surface area contributed by atoms with E-state index in [1.807, 2.05) is 12.1 Å². The Hall–Kier alpha value is -1.84. The van der Waals surface area contributed by atoms with E-state index in [4.69, 9.17) is 11.6 Å². The summed E-state index contributed by atoms with van der Waals surface area (Å²) in [6.45, 7) is 5.73. The molecule has 1 N–H and O–H groups in total. The van der Waals surface area contributed by atoms with Crippen LogP contribution < -0.4 is 5.32 Å². The lowest BCUT2D eigenvalue weighted by atomic mass is 10.1. The number of nitrogens with zero attached hydrogens (tertiary/aromatic N) is 1. The molecule has 0 heterocycles. The van der Waals surface area contributed by atoms with Crippen molar-refractivity contribution in [2.24, 2.45) is 0 Å². The fourth-order valence-electron chi connectivity index (χ4n) is 2.21. The molecule has 0 unspecified atom stereocenters. The molecule has 2 rings (SSSR count). The molecule has 0 bridgehead atoms. The average Bonchev–Trinajstić information content (AvgIpc) is 2.54. The van der Waals surface area contributed by atoms with E-state index < -0.39 is 0 Å². The van der Waals surface area contributed by atoms with Crippen LogP contribution in [0.5, 0.6) is 0 Å². The van der Waals surface area contributed by atoms with Gasteiger partial charge in [-0.2, -0.15) is 0 Å². The smallest absolute Gasteiger partial charge is 0.251 e. The number of carbonyl (C=O) groups is 1. The Labute approximate surface area is 143 Å². The summed E-state index contributed by atoms with van der Waals surface area (Å²) in [4.78, 5) is 14.5. The lowest BCUT2D eigenvalue weighted by Crippen LogP contribution is -2.27. The Balaban J connectivity index is 2.03. The van der Waals surface area contributed by atoms with Crippen molar-refractivity contribution in [3.8, 4) is 0 Å². The number of hydrogen-bond acceptors (Lipinski definition) is 2. The van der Waals surface area contributed by atoms with Gasteiger partial charge in [0, 0.05) is 29.7 Å². The van der Waals surface area contributed by atoms with Crippen LogP contribution in [0.2, 0.25) is 5.02 Å². The van der Waals surface area contributed by atoms with Crippen LogP contribution in [0, 0.1) is 0 Å². The van der Waals surface area contributed by atoms with Crippen molar-refractivity contribution in [2.45, 2.75) is 33.0 Å². The topological polar surface area (TPSA) is 32.3 Å². The highest BCUT2D eigenvalue weighted by molar-refractivity contribution is 6.30. The summed E-state index contributed by atoms with van der Waals surface area (Å²) in [5.41, 5.74) is 2.99. The molecule has 0 spiro atoms. The molecule has 122 valence electrons. The zero-order valence-corrected chi connectivity index (χ0v) is 14.6. The molecule has 2 aromatic carbocycles. The number of hydrogen-bond donors (Lipinski definition) is 1. The van der Waals surface area contributed by atoms with E-state index in [9.17, 15) is 4.79 Å². The van der Waals surface area contributed by atoms with Gasteiger partial charge < -0.3 is 5.32 Å². The summed E-state index contributed by atoms with van der Waals surface area (Å²) in [7, 11) is 2.10. The zero-order chi connectivity index (χ0) is 16.8. The minimum Gasteiger partial charge on any atom is -0.348 e. The molecule has 0 aromatic heterocycles. The minimum atomic E-state index is -0.0892. The number of benzene rings is 2. The Morgan fingerprint density at radius 3 is 2.30 bits per heavy atom. The second-order valence-electron chi connectivity index (χ2n) is 5.97. The van der Waals surface area contributed by atoms with Gasteiger partial charge in [0.2, 0.25) is 0 Å².